The fraction of sp³-hybridized carbons (Fsp3) is 0.429. The standard InChI is InChI=1S/C14H19N3O2/c1-14(2)12(18)16(3)10-6-5-9(8-15)7-11(10)17(4)13(14)19/h5-7H,8,15H2,1-4H3. The number of carbonyl (C=O) groups is 2. The smallest absolute Gasteiger partial charge is 0.241 e. The number of amides is 2. The van der Waals surface area contributed by atoms with Crippen molar-refractivity contribution in [3.63, 3.8) is 0 Å². The number of fused-ring (bicyclic) bond motifs is 1. The average molecular weight is 261 g/mol. The summed E-state index contributed by atoms with van der Waals surface area (Å²) in [5.74, 6) is -0.416. The molecule has 1 aromatic carbocycles. The minimum atomic E-state index is -1.06. The van der Waals surface area contributed by atoms with Crippen LogP contribution in [-0.4, -0.2) is 25.9 Å². The molecule has 0 saturated heterocycles. The number of anilines is 2. The van der Waals surface area contributed by atoms with Crippen molar-refractivity contribution in [2.45, 2.75) is 20.4 Å². The Labute approximate surface area is 113 Å². The molecule has 1 aliphatic rings. The van der Waals surface area contributed by atoms with E-state index in [1.165, 1.54) is 9.80 Å². The first kappa shape index (κ1) is 13.5. The topological polar surface area (TPSA) is 66.6 Å². The van der Waals surface area contributed by atoms with Gasteiger partial charge in [-0.25, -0.2) is 0 Å². The zero-order valence-corrected chi connectivity index (χ0v) is 11.7. The second-order valence-electron chi connectivity index (χ2n) is 5.38. The predicted molar refractivity (Wildman–Crippen MR) is 74.9 cm³/mol. The summed E-state index contributed by atoms with van der Waals surface area (Å²) in [7, 11) is 3.38. The van der Waals surface area contributed by atoms with Crippen molar-refractivity contribution in [1.82, 2.24) is 0 Å². The molecule has 5 nitrogen and oxygen atoms in total. The molecule has 102 valence electrons. The fourth-order valence-electron chi connectivity index (χ4n) is 2.40. The van der Waals surface area contributed by atoms with E-state index in [0.29, 0.717) is 6.54 Å². The van der Waals surface area contributed by atoms with Gasteiger partial charge in [-0.3, -0.25) is 9.59 Å². The van der Waals surface area contributed by atoms with Crippen molar-refractivity contribution in [2.75, 3.05) is 23.9 Å². The summed E-state index contributed by atoms with van der Waals surface area (Å²) < 4.78 is 0. The quantitative estimate of drug-likeness (QED) is 0.770. The summed E-state index contributed by atoms with van der Waals surface area (Å²) in [5, 5.41) is 0. The number of carbonyl (C=O) groups excluding carboxylic acids is 2. The van der Waals surface area contributed by atoms with E-state index in [-0.39, 0.29) is 11.8 Å². The Balaban J connectivity index is 2.66. The molecule has 2 amide bonds. The maximum Gasteiger partial charge on any atom is 0.241 e. The van der Waals surface area contributed by atoms with Gasteiger partial charge in [0.1, 0.15) is 5.41 Å². The van der Waals surface area contributed by atoms with E-state index in [1.807, 2.05) is 18.2 Å². The van der Waals surface area contributed by atoms with E-state index in [1.54, 1.807) is 27.9 Å². The van der Waals surface area contributed by atoms with E-state index < -0.39 is 5.41 Å². The summed E-state index contributed by atoms with van der Waals surface area (Å²) in [4.78, 5) is 27.9. The molecule has 1 aromatic rings. The minimum absolute atomic E-state index is 0.205. The van der Waals surface area contributed by atoms with Crippen LogP contribution in [-0.2, 0) is 16.1 Å². The van der Waals surface area contributed by atoms with Gasteiger partial charge in [0.25, 0.3) is 0 Å². The second kappa shape index (κ2) is 4.35. The van der Waals surface area contributed by atoms with Crippen LogP contribution in [0.4, 0.5) is 11.4 Å². The Hall–Kier alpha value is -1.88. The molecule has 0 aliphatic carbocycles. The molecule has 2 rings (SSSR count). The van der Waals surface area contributed by atoms with Gasteiger partial charge in [-0.1, -0.05) is 6.07 Å². The van der Waals surface area contributed by atoms with Crippen molar-refractivity contribution in [2.24, 2.45) is 11.1 Å². The third kappa shape index (κ3) is 1.90. The molecule has 19 heavy (non-hydrogen) atoms. The lowest BCUT2D eigenvalue weighted by atomic mass is 9.90. The normalized spacial score (nSPS) is 18.4. The molecule has 0 spiro atoms. The molecule has 0 saturated carbocycles. The fourth-order valence-corrected chi connectivity index (χ4v) is 2.40. The lowest BCUT2D eigenvalue weighted by Crippen LogP contribution is -2.46. The number of nitrogens with two attached hydrogens (primary N) is 1. The molecule has 0 radical (unpaired) electrons. The SMILES string of the molecule is CN1C(=O)C(C)(C)C(=O)N(C)c2cc(CN)ccc21. The average Bonchev–Trinajstić information content (AvgIpc) is 2.46. The van der Waals surface area contributed by atoms with Crippen LogP contribution in [0.2, 0.25) is 0 Å². The lowest BCUT2D eigenvalue weighted by molar-refractivity contribution is -0.137. The maximum atomic E-state index is 12.4. The van der Waals surface area contributed by atoms with E-state index >= 15 is 0 Å². The highest BCUT2D eigenvalue weighted by Gasteiger charge is 2.44. The molecule has 0 bridgehead atoms. The summed E-state index contributed by atoms with van der Waals surface area (Å²) >= 11 is 0. The van der Waals surface area contributed by atoms with Crippen molar-refractivity contribution in [3.05, 3.63) is 23.8 Å². The van der Waals surface area contributed by atoms with Crippen LogP contribution in [0, 0.1) is 5.41 Å². The van der Waals surface area contributed by atoms with Crippen LogP contribution in [0.1, 0.15) is 19.4 Å². The summed E-state index contributed by atoms with van der Waals surface area (Å²) in [6.07, 6.45) is 0. The van der Waals surface area contributed by atoms with Gasteiger partial charge < -0.3 is 15.5 Å². The zero-order chi connectivity index (χ0) is 14.4. The van der Waals surface area contributed by atoms with Crippen LogP contribution >= 0.6 is 0 Å². The van der Waals surface area contributed by atoms with Gasteiger partial charge in [-0.15, -0.1) is 0 Å². The Morgan fingerprint density at radius 3 is 2.11 bits per heavy atom. The molecular weight excluding hydrogens is 242 g/mol. The summed E-state index contributed by atoms with van der Waals surface area (Å²) in [5.41, 5.74) is 6.94. The number of benzene rings is 1. The van der Waals surface area contributed by atoms with E-state index in [2.05, 4.69) is 0 Å². The van der Waals surface area contributed by atoms with Crippen molar-refractivity contribution in [3.8, 4) is 0 Å². The third-order valence-corrected chi connectivity index (χ3v) is 3.68. The van der Waals surface area contributed by atoms with Crippen molar-refractivity contribution in [1.29, 1.82) is 0 Å². The van der Waals surface area contributed by atoms with Gasteiger partial charge in [-0.2, -0.15) is 0 Å². The monoisotopic (exact) mass is 261 g/mol. The van der Waals surface area contributed by atoms with Crippen LogP contribution in [0.25, 0.3) is 0 Å². The minimum Gasteiger partial charge on any atom is -0.326 e. The van der Waals surface area contributed by atoms with E-state index in [4.69, 9.17) is 5.73 Å². The molecule has 2 N–H and O–H groups in total. The van der Waals surface area contributed by atoms with Gasteiger partial charge in [0.2, 0.25) is 11.8 Å². The Kier molecular flexibility index (Phi) is 3.10. The number of hydrogen-bond donors (Lipinski definition) is 1. The first-order chi connectivity index (χ1) is 8.80. The Morgan fingerprint density at radius 1 is 1.05 bits per heavy atom. The largest absolute Gasteiger partial charge is 0.326 e. The van der Waals surface area contributed by atoms with Crippen LogP contribution in [0.15, 0.2) is 18.2 Å². The first-order valence-corrected chi connectivity index (χ1v) is 6.20. The molecule has 5 heteroatoms. The van der Waals surface area contributed by atoms with E-state index in [9.17, 15) is 9.59 Å². The zero-order valence-electron chi connectivity index (χ0n) is 11.7. The van der Waals surface area contributed by atoms with Crippen LogP contribution in [0.3, 0.4) is 0 Å². The van der Waals surface area contributed by atoms with Crippen LogP contribution < -0.4 is 15.5 Å². The maximum absolute atomic E-state index is 12.4. The lowest BCUT2D eigenvalue weighted by Gasteiger charge is -2.25. The van der Waals surface area contributed by atoms with Crippen molar-refractivity contribution < 1.29 is 9.59 Å². The molecule has 0 aromatic heterocycles. The Bertz CT molecular complexity index is 552. The molecular formula is C14H19N3O2. The van der Waals surface area contributed by atoms with Gasteiger partial charge >= 0.3 is 0 Å². The second-order valence-corrected chi connectivity index (χ2v) is 5.38. The van der Waals surface area contributed by atoms with Gasteiger partial charge in [-0.05, 0) is 31.5 Å². The Morgan fingerprint density at radius 2 is 1.58 bits per heavy atom. The molecule has 0 unspecified atom stereocenters. The molecule has 1 heterocycles. The first-order valence-electron chi connectivity index (χ1n) is 6.20. The van der Waals surface area contributed by atoms with E-state index in [0.717, 1.165) is 16.9 Å². The highest BCUT2D eigenvalue weighted by Crippen LogP contribution is 2.37. The number of hydrogen-bond acceptors (Lipinski definition) is 3. The van der Waals surface area contributed by atoms with Gasteiger partial charge in [0.15, 0.2) is 0 Å². The number of rotatable bonds is 1. The number of nitrogens with zero attached hydrogens (tertiary/aromatic N) is 2. The highest BCUT2D eigenvalue weighted by molar-refractivity contribution is 6.19. The van der Waals surface area contributed by atoms with Crippen molar-refractivity contribution >= 4 is 23.2 Å². The predicted octanol–water partition coefficient (Wildman–Crippen LogP) is 1.11. The van der Waals surface area contributed by atoms with Gasteiger partial charge in [0.05, 0.1) is 11.4 Å². The summed E-state index contributed by atoms with van der Waals surface area (Å²) in [6, 6.07) is 5.57. The molecule has 0 fully saturated rings. The third-order valence-electron chi connectivity index (χ3n) is 3.68. The molecule has 1 aliphatic heterocycles. The summed E-state index contributed by atoms with van der Waals surface area (Å²) in [6.45, 7) is 3.71. The highest BCUT2D eigenvalue weighted by atomic mass is 16.2. The van der Waals surface area contributed by atoms with Crippen LogP contribution in [0.5, 0.6) is 0 Å². The van der Waals surface area contributed by atoms with Gasteiger partial charge in [0, 0.05) is 20.6 Å². The molecule has 0 atom stereocenters.